The Morgan fingerprint density at radius 3 is 2.56 bits per heavy atom. The lowest BCUT2D eigenvalue weighted by Crippen LogP contribution is -2.18. The molecule has 1 unspecified atom stereocenters. The number of unbranched alkanes of at least 4 members (excludes halogenated alkanes) is 1. The molecular weight excluding hydrogens is 202 g/mol. The van der Waals surface area contributed by atoms with Crippen molar-refractivity contribution in [2.75, 3.05) is 32.9 Å². The fourth-order valence-electron chi connectivity index (χ4n) is 1.43. The van der Waals surface area contributed by atoms with Gasteiger partial charge in [0.1, 0.15) is 0 Å². The molecule has 0 aliphatic carbocycles. The van der Waals surface area contributed by atoms with Gasteiger partial charge in [0.05, 0.1) is 19.3 Å². The predicted octanol–water partition coefficient (Wildman–Crippen LogP) is 2.60. The van der Waals surface area contributed by atoms with Gasteiger partial charge in [-0.25, -0.2) is 0 Å². The van der Waals surface area contributed by atoms with Gasteiger partial charge < -0.3 is 14.8 Å². The fourth-order valence-corrected chi connectivity index (χ4v) is 1.43. The molecule has 0 aromatic rings. The SMILES string of the molecule is CCCCOCCOC(C)CCCNCC. The molecule has 1 N–H and O–H groups in total. The molecular formula is C13H29NO2. The van der Waals surface area contributed by atoms with Crippen LogP contribution in [-0.2, 0) is 9.47 Å². The first kappa shape index (κ1) is 15.9. The third kappa shape index (κ3) is 12.0. The molecule has 0 aromatic carbocycles. The van der Waals surface area contributed by atoms with Crippen LogP contribution in [0.3, 0.4) is 0 Å². The Kier molecular flexibility index (Phi) is 12.9. The monoisotopic (exact) mass is 231 g/mol. The summed E-state index contributed by atoms with van der Waals surface area (Å²) in [5.41, 5.74) is 0. The number of nitrogens with one attached hydrogen (secondary N) is 1. The highest BCUT2D eigenvalue weighted by Gasteiger charge is 2.01. The molecule has 1 atom stereocenters. The molecule has 0 fully saturated rings. The molecule has 98 valence electrons. The Morgan fingerprint density at radius 2 is 1.88 bits per heavy atom. The molecule has 0 saturated carbocycles. The van der Waals surface area contributed by atoms with Crippen LogP contribution in [0.25, 0.3) is 0 Å². The van der Waals surface area contributed by atoms with Gasteiger partial charge in [0.2, 0.25) is 0 Å². The van der Waals surface area contributed by atoms with Crippen molar-refractivity contribution in [2.45, 2.75) is 52.6 Å². The average Bonchev–Trinajstić information content (AvgIpc) is 2.29. The van der Waals surface area contributed by atoms with Crippen molar-refractivity contribution in [3.05, 3.63) is 0 Å². The second-order valence-electron chi connectivity index (χ2n) is 4.14. The third-order valence-corrected chi connectivity index (χ3v) is 2.49. The Balaban J connectivity index is 3.08. The normalized spacial score (nSPS) is 12.9. The number of hydrogen-bond acceptors (Lipinski definition) is 3. The van der Waals surface area contributed by atoms with Crippen molar-refractivity contribution < 1.29 is 9.47 Å². The van der Waals surface area contributed by atoms with Crippen molar-refractivity contribution in [1.29, 1.82) is 0 Å². The van der Waals surface area contributed by atoms with Gasteiger partial charge in [-0.3, -0.25) is 0 Å². The summed E-state index contributed by atoms with van der Waals surface area (Å²) in [6, 6.07) is 0. The van der Waals surface area contributed by atoms with E-state index in [9.17, 15) is 0 Å². The Morgan fingerprint density at radius 1 is 1.06 bits per heavy atom. The molecule has 0 radical (unpaired) electrons. The lowest BCUT2D eigenvalue weighted by Gasteiger charge is -2.13. The Hall–Kier alpha value is -0.120. The molecule has 0 spiro atoms. The zero-order valence-electron chi connectivity index (χ0n) is 11.3. The van der Waals surface area contributed by atoms with Crippen LogP contribution in [0.1, 0.15) is 46.5 Å². The first-order chi connectivity index (χ1) is 7.81. The highest BCUT2D eigenvalue weighted by molar-refractivity contribution is 4.53. The van der Waals surface area contributed by atoms with Crippen molar-refractivity contribution >= 4 is 0 Å². The number of ether oxygens (including phenoxy) is 2. The lowest BCUT2D eigenvalue weighted by molar-refractivity contribution is 0.00806. The minimum absolute atomic E-state index is 0.355. The van der Waals surface area contributed by atoms with Crippen LogP contribution in [0.15, 0.2) is 0 Å². The van der Waals surface area contributed by atoms with E-state index in [0.717, 1.165) is 45.8 Å². The third-order valence-electron chi connectivity index (χ3n) is 2.49. The van der Waals surface area contributed by atoms with Gasteiger partial charge in [0.15, 0.2) is 0 Å². The summed E-state index contributed by atoms with van der Waals surface area (Å²) in [7, 11) is 0. The van der Waals surface area contributed by atoms with E-state index >= 15 is 0 Å². The quantitative estimate of drug-likeness (QED) is 0.524. The van der Waals surface area contributed by atoms with Crippen molar-refractivity contribution in [1.82, 2.24) is 5.32 Å². The van der Waals surface area contributed by atoms with Gasteiger partial charge >= 0.3 is 0 Å². The second kappa shape index (κ2) is 12.9. The standard InChI is InChI=1S/C13H29NO2/c1-4-6-10-15-11-12-16-13(3)8-7-9-14-5-2/h13-14H,4-12H2,1-3H3. The number of rotatable bonds is 12. The van der Waals surface area contributed by atoms with E-state index in [1.807, 2.05) is 0 Å². The second-order valence-corrected chi connectivity index (χ2v) is 4.14. The Labute approximate surface area is 101 Å². The summed E-state index contributed by atoms with van der Waals surface area (Å²) in [5, 5.41) is 3.31. The maximum atomic E-state index is 5.65. The fraction of sp³-hybridized carbons (Fsp3) is 1.00. The van der Waals surface area contributed by atoms with Gasteiger partial charge in [-0.15, -0.1) is 0 Å². The van der Waals surface area contributed by atoms with Crippen molar-refractivity contribution in [3.63, 3.8) is 0 Å². The molecule has 0 rings (SSSR count). The maximum Gasteiger partial charge on any atom is 0.0704 e. The topological polar surface area (TPSA) is 30.5 Å². The van der Waals surface area contributed by atoms with E-state index in [2.05, 4.69) is 26.1 Å². The van der Waals surface area contributed by atoms with Crippen LogP contribution >= 0.6 is 0 Å². The number of hydrogen-bond donors (Lipinski definition) is 1. The highest BCUT2D eigenvalue weighted by Crippen LogP contribution is 2.00. The van der Waals surface area contributed by atoms with E-state index in [1.165, 1.54) is 12.8 Å². The Bertz CT molecular complexity index is 131. The summed E-state index contributed by atoms with van der Waals surface area (Å²) in [6.45, 7) is 10.9. The zero-order valence-corrected chi connectivity index (χ0v) is 11.3. The zero-order chi connectivity index (χ0) is 12.1. The van der Waals surface area contributed by atoms with Crippen LogP contribution in [0.2, 0.25) is 0 Å². The first-order valence-corrected chi connectivity index (χ1v) is 6.71. The lowest BCUT2D eigenvalue weighted by atomic mass is 10.2. The van der Waals surface area contributed by atoms with Crippen LogP contribution in [0.4, 0.5) is 0 Å². The summed E-state index contributed by atoms with van der Waals surface area (Å²) in [6.07, 6.45) is 5.02. The smallest absolute Gasteiger partial charge is 0.0704 e. The van der Waals surface area contributed by atoms with Crippen LogP contribution in [0.5, 0.6) is 0 Å². The maximum absolute atomic E-state index is 5.65. The molecule has 0 amide bonds. The molecule has 3 heteroatoms. The van der Waals surface area contributed by atoms with E-state index in [-0.39, 0.29) is 0 Å². The molecule has 16 heavy (non-hydrogen) atoms. The molecule has 0 bridgehead atoms. The van der Waals surface area contributed by atoms with Gasteiger partial charge in [-0.2, -0.15) is 0 Å². The molecule has 0 aliphatic heterocycles. The van der Waals surface area contributed by atoms with E-state index in [0.29, 0.717) is 6.10 Å². The van der Waals surface area contributed by atoms with Crippen molar-refractivity contribution in [2.24, 2.45) is 0 Å². The van der Waals surface area contributed by atoms with E-state index in [1.54, 1.807) is 0 Å². The predicted molar refractivity (Wildman–Crippen MR) is 68.9 cm³/mol. The highest BCUT2D eigenvalue weighted by atomic mass is 16.5. The van der Waals surface area contributed by atoms with E-state index < -0.39 is 0 Å². The summed E-state index contributed by atoms with van der Waals surface area (Å²) >= 11 is 0. The van der Waals surface area contributed by atoms with Gasteiger partial charge in [0, 0.05) is 6.61 Å². The summed E-state index contributed by atoms with van der Waals surface area (Å²) < 4.78 is 11.1. The summed E-state index contributed by atoms with van der Waals surface area (Å²) in [5.74, 6) is 0. The van der Waals surface area contributed by atoms with Gasteiger partial charge in [0.25, 0.3) is 0 Å². The summed E-state index contributed by atoms with van der Waals surface area (Å²) in [4.78, 5) is 0. The molecule has 0 heterocycles. The first-order valence-electron chi connectivity index (χ1n) is 6.71. The van der Waals surface area contributed by atoms with Crippen LogP contribution in [-0.4, -0.2) is 39.0 Å². The molecule has 0 saturated heterocycles. The van der Waals surface area contributed by atoms with Crippen molar-refractivity contribution in [3.8, 4) is 0 Å². The molecule has 0 aromatic heterocycles. The molecule has 3 nitrogen and oxygen atoms in total. The minimum Gasteiger partial charge on any atom is -0.379 e. The van der Waals surface area contributed by atoms with Gasteiger partial charge in [-0.1, -0.05) is 20.3 Å². The average molecular weight is 231 g/mol. The largest absolute Gasteiger partial charge is 0.379 e. The van der Waals surface area contributed by atoms with Crippen LogP contribution in [0, 0.1) is 0 Å². The van der Waals surface area contributed by atoms with Crippen LogP contribution < -0.4 is 5.32 Å². The molecule has 0 aliphatic rings. The van der Waals surface area contributed by atoms with Gasteiger partial charge in [-0.05, 0) is 39.3 Å². The minimum atomic E-state index is 0.355. The van der Waals surface area contributed by atoms with E-state index in [4.69, 9.17) is 9.47 Å².